The van der Waals surface area contributed by atoms with E-state index in [1.165, 1.54) is 6.42 Å². The highest BCUT2D eigenvalue weighted by atomic mass is 32.2. The fourth-order valence-electron chi connectivity index (χ4n) is 5.15. The minimum absolute atomic E-state index is 0.129. The van der Waals surface area contributed by atoms with Gasteiger partial charge in [0.15, 0.2) is 0 Å². The van der Waals surface area contributed by atoms with Gasteiger partial charge in [-0.3, -0.25) is 13.9 Å². The van der Waals surface area contributed by atoms with Crippen molar-refractivity contribution >= 4 is 27.5 Å². The summed E-state index contributed by atoms with van der Waals surface area (Å²) < 4.78 is 26.8. The standard InChI is InChI=1S/C29H41N3O4S/c1-5-27(29(34)30-25-14-10-7-11-15-25)31(17-16-24-12-8-6-9-13-24)28(33)21-32(37(4,35)36)26-19-22(2)18-23(3)20-26/h6,8-9,12-13,18-20,25,27H,5,7,10-11,14-17,21H2,1-4H3,(H,30,34)/t27-/m0/s1. The predicted molar refractivity (Wildman–Crippen MR) is 149 cm³/mol. The molecule has 202 valence electrons. The molecule has 2 amide bonds. The Kier molecular flexibility index (Phi) is 10.1. The molecule has 1 fully saturated rings. The summed E-state index contributed by atoms with van der Waals surface area (Å²) in [6.07, 6.45) is 7.41. The lowest BCUT2D eigenvalue weighted by Crippen LogP contribution is -2.54. The first-order valence-corrected chi connectivity index (χ1v) is 15.1. The Balaban J connectivity index is 1.88. The minimum Gasteiger partial charge on any atom is -0.352 e. The fourth-order valence-corrected chi connectivity index (χ4v) is 5.98. The summed E-state index contributed by atoms with van der Waals surface area (Å²) in [4.78, 5) is 28.8. The van der Waals surface area contributed by atoms with E-state index in [9.17, 15) is 18.0 Å². The number of benzene rings is 2. The summed E-state index contributed by atoms with van der Waals surface area (Å²) in [6, 6.07) is 14.8. The van der Waals surface area contributed by atoms with Gasteiger partial charge in [-0.15, -0.1) is 0 Å². The van der Waals surface area contributed by atoms with Crippen molar-refractivity contribution < 1.29 is 18.0 Å². The van der Waals surface area contributed by atoms with Crippen LogP contribution >= 0.6 is 0 Å². The number of rotatable bonds is 11. The molecule has 2 aromatic rings. The number of amides is 2. The van der Waals surface area contributed by atoms with Crippen LogP contribution in [0.3, 0.4) is 0 Å². The number of sulfonamides is 1. The number of nitrogens with one attached hydrogen (secondary N) is 1. The number of carbonyl (C=O) groups excluding carboxylic acids is 2. The Labute approximate surface area is 222 Å². The lowest BCUT2D eigenvalue weighted by molar-refractivity contribution is -0.140. The second kappa shape index (κ2) is 13.1. The van der Waals surface area contributed by atoms with E-state index in [1.54, 1.807) is 17.0 Å². The van der Waals surface area contributed by atoms with E-state index in [0.29, 0.717) is 25.1 Å². The second-order valence-corrected chi connectivity index (χ2v) is 12.1. The molecule has 0 heterocycles. The van der Waals surface area contributed by atoms with Crippen LogP contribution in [0.1, 0.15) is 62.1 Å². The molecule has 0 bridgehead atoms. The molecule has 3 rings (SSSR count). The van der Waals surface area contributed by atoms with Crippen LogP contribution in [-0.4, -0.2) is 56.6 Å². The second-order valence-electron chi connectivity index (χ2n) is 10.2. The van der Waals surface area contributed by atoms with E-state index in [2.05, 4.69) is 5.32 Å². The first-order valence-electron chi connectivity index (χ1n) is 13.3. The van der Waals surface area contributed by atoms with Gasteiger partial charge in [0, 0.05) is 12.6 Å². The molecule has 37 heavy (non-hydrogen) atoms. The molecule has 1 N–H and O–H groups in total. The van der Waals surface area contributed by atoms with Crippen molar-refractivity contribution in [3.63, 3.8) is 0 Å². The van der Waals surface area contributed by atoms with Crippen LogP contribution in [0.5, 0.6) is 0 Å². The molecule has 0 unspecified atom stereocenters. The first kappa shape index (κ1) is 28.7. The number of aryl methyl sites for hydroxylation is 2. The van der Waals surface area contributed by atoms with Gasteiger partial charge in [0.25, 0.3) is 0 Å². The monoisotopic (exact) mass is 527 g/mol. The van der Waals surface area contributed by atoms with Crippen LogP contribution in [0.4, 0.5) is 5.69 Å². The Morgan fingerprint density at radius 3 is 2.19 bits per heavy atom. The van der Waals surface area contributed by atoms with Gasteiger partial charge in [-0.25, -0.2) is 8.42 Å². The van der Waals surface area contributed by atoms with Gasteiger partial charge in [-0.2, -0.15) is 0 Å². The van der Waals surface area contributed by atoms with Crippen molar-refractivity contribution in [3.8, 4) is 0 Å². The topological polar surface area (TPSA) is 86.8 Å². The van der Waals surface area contributed by atoms with Crippen molar-refractivity contribution in [2.75, 3.05) is 23.7 Å². The number of hydrogen-bond acceptors (Lipinski definition) is 4. The van der Waals surface area contributed by atoms with E-state index in [-0.39, 0.29) is 24.4 Å². The lowest BCUT2D eigenvalue weighted by Gasteiger charge is -2.34. The van der Waals surface area contributed by atoms with E-state index in [1.807, 2.05) is 57.2 Å². The van der Waals surface area contributed by atoms with Gasteiger partial charge in [0.2, 0.25) is 21.8 Å². The zero-order valence-corrected chi connectivity index (χ0v) is 23.4. The van der Waals surface area contributed by atoms with Crippen molar-refractivity contribution in [1.29, 1.82) is 0 Å². The molecule has 1 atom stereocenters. The highest BCUT2D eigenvalue weighted by Crippen LogP contribution is 2.23. The quantitative estimate of drug-likeness (QED) is 0.470. The third-order valence-corrected chi connectivity index (χ3v) is 8.14. The molecule has 1 aliphatic rings. The number of nitrogens with zero attached hydrogens (tertiary/aromatic N) is 2. The third kappa shape index (κ3) is 8.32. The molecule has 0 aromatic heterocycles. The molecular weight excluding hydrogens is 486 g/mol. The zero-order valence-electron chi connectivity index (χ0n) is 22.6. The Hall–Kier alpha value is -2.87. The van der Waals surface area contributed by atoms with Gasteiger partial charge in [0.1, 0.15) is 12.6 Å². The minimum atomic E-state index is -3.74. The number of hydrogen-bond donors (Lipinski definition) is 1. The summed E-state index contributed by atoms with van der Waals surface area (Å²) in [6.45, 7) is 5.65. The highest BCUT2D eigenvalue weighted by molar-refractivity contribution is 7.92. The van der Waals surface area contributed by atoms with Crippen LogP contribution in [0, 0.1) is 13.8 Å². The number of carbonyl (C=O) groups is 2. The average molecular weight is 528 g/mol. The Morgan fingerprint density at radius 2 is 1.62 bits per heavy atom. The van der Waals surface area contributed by atoms with Crippen molar-refractivity contribution in [2.45, 2.75) is 77.8 Å². The summed E-state index contributed by atoms with van der Waals surface area (Å²) in [5.74, 6) is -0.542. The van der Waals surface area contributed by atoms with Crippen molar-refractivity contribution in [3.05, 3.63) is 65.2 Å². The van der Waals surface area contributed by atoms with E-state index >= 15 is 0 Å². The fraction of sp³-hybridized carbons (Fsp3) is 0.517. The first-order chi connectivity index (χ1) is 17.6. The summed E-state index contributed by atoms with van der Waals surface area (Å²) >= 11 is 0. The summed E-state index contributed by atoms with van der Waals surface area (Å²) in [5, 5.41) is 3.17. The normalized spacial score (nSPS) is 15.1. The maximum Gasteiger partial charge on any atom is 0.244 e. The van der Waals surface area contributed by atoms with Crippen molar-refractivity contribution in [2.24, 2.45) is 0 Å². The maximum absolute atomic E-state index is 13.8. The SMILES string of the molecule is CC[C@@H](C(=O)NC1CCCCC1)N(CCc1ccccc1)C(=O)CN(c1cc(C)cc(C)c1)S(C)(=O)=O. The molecule has 2 aromatic carbocycles. The van der Waals surface area contributed by atoms with Gasteiger partial charge < -0.3 is 10.2 Å². The van der Waals surface area contributed by atoms with E-state index in [0.717, 1.165) is 52.9 Å². The molecular formula is C29H41N3O4S. The average Bonchev–Trinajstić information content (AvgIpc) is 2.84. The van der Waals surface area contributed by atoms with Crippen LogP contribution in [0.2, 0.25) is 0 Å². The zero-order chi connectivity index (χ0) is 27.0. The predicted octanol–water partition coefficient (Wildman–Crippen LogP) is 4.37. The molecule has 1 aliphatic carbocycles. The molecule has 1 saturated carbocycles. The van der Waals surface area contributed by atoms with Crippen LogP contribution in [0.15, 0.2) is 48.5 Å². The van der Waals surface area contributed by atoms with Crippen LogP contribution < -0.4 is 9.62 Å². The molecule has 0 radical (unpaired) electrons. The Morgan fingerprint density at radius 1 is 1.00 bits per heavy atom. The highest BCUT2D eigenvalue weighted by Gasteiger charge is 2.32. The maximum atomic E-state index is 13.8. The lowest BCUT2D eigenvalue weighted by atomic mass is 9.95. The third-order valence-electron chi connectivity index (χ3n) is 7.00. The van der Waals surface area contributed by atoms with Gasteiger partial charge in [-0.05, 0) is 68.4 Å². The van der Waals surface area contributed by atoms with Crippen LogP contribution in [-0.2, 0) is 26.0 Å². The Bertz CT molecular complexity index is 1140. The van der Waals surface area contributed by atoms with E-state index in [4.69, 9.17) is 0 Å². The molecule has 7 nitrogen and oxygen atoms in total. The number of anilines is 1. The molecule has 0 aliphatic heterocycles. The molecule has 0 spiro atoms. The largest absolute Gasteiger partial charge is 0.352 e. The molecule has 0 saturated heterocycles. The van der Waals surface area contributed by atoms with Crippen molar-refractivity contribution in [1.82, 2.24) is 10.2 Å². The van der Waals surface area contributed by atoms with Crippen LogP contribution in [0.25, 0.3) is 0 Å². The van der Waals surface area contributed by atoms with Gasteiger partial charge in [-0.1, -0.05) is 62.6 Å². The molecule has 8 heteroatoms. The van der Waals surface area contributed by atoms with E-state index < -0.39 is 16.1 Å². The smallest absolute Gasteiger partial charge is 0.244 e. The summed E-state index contributed by atoms with van der Waals surface area (Å²) in [5.41, 5.74) is 3.33. The summed E-state index contributed by atoms with van der Waals surface area (Å²) in [7, 11) is -3.74. The van der Waals surface area contributed by atoms with Gasteiger partial charge in [0.05, 0.1) is 11.9 Å². The van der Waals surface area contributed by atoms with Gasteiger partial charge >= 0.3 is 0 Å².